The lowest BCUT2D eigenvalue weighted by Crippen LogP contribution is -2.38. The Balaban J connectivity index is 1.42. The van der Waals surface area contributed by atoms with E-state index in [4.69, 9.17) is 14.2 Å². The van der Waals surface area contributed by atoms with Crippen molar-refractivity contribution in [1.29, 1.82) is 0 Å². The Kier molecular flexibility index (Phi) is 3.42. The van der Waals surface area contributed by atoms with Crippen LogP contribution in [0, 0.1) is 0 Å². The van der Waals surface area contributed by atoms with Gasteiger partial charge in [-0.3, -0.25) is 0 Å². The Morgan fingerprint density at radius 1 is 0.808 bits per heavy atom. The monoisotopic (exact) mass is 344 g/mol. The minimum absolute atomic E-state index is 0.145. The van der Waals surface area contributed by atoms with Crippen LogP contribution in [-0.4, -0.2) is 18.7 Å². The normalized spacial score (nSPS) is 17.3. The van der Waals surface area contributed by atoms with Crippen LogP contribution < -0.4 is 9.47 Å². The number of rotatable bonds is 2. The van der Waals surface area contributed by atoms with Crippen LogP contribution in [0.4, 0.5) is 0 Å². The highest BCUT2D eigenvalue weighted by Crippen LogP contribution is 2.45. The van der Waals surface area contributed by atoms with E-state index >= 15 is 0 Å². The van der Waals surface area contributed by atoms with Crippen LogP contribution in [0.1, 0.15) is 17.2 Å². The van der Waals surface area contributed by atoms with Crippen LogP contribution in [0.15, 0.2) is 72.8 Å². The zero-order valence-electron chi connectivity index (χ0n) is 13.9. The molecule has 5 rings (SSSR count). The lowest BCUT2D eigenvalue weighted by atomic mass is 10.1. The van der Waals surface area contributed by atoms with Crippen LogP contribution in [-0.2, 0) is 9.53 Å². The number of esters is 1. The molecule has 0 fully saturated rings. The number of carbonyl (C=O) groups excluding carboxylic acids is 1. The number of benzene rings is 3. The molecule has 3 aromatic rings. The first-order valence-corrected chi connectivity index (χ1v) is 8.58. The molecule has 1 aliphatic carbocycles. The van der Waals surface area contributed by atoms with E-state index in [2.05, 4.69) is 12.1 Å². The van der Waals surface area contributed by atoms with Gasteiger partial charge in [0.1, 0.15) is 6.61 Å². The Labute approximate surface area is 150 Å². The zero-order chi connectivity index (χ0) is 17.5. The molecule has 0 unspecified atom stereocenters. The van der Waals surface area contributed by atoms with E-state index in [0.717, 1.165) is 22.3 Å². The first kappa shape index (κ1) is 15.0. The van der Waals surface area contributed by atoms with Gasteiger partial charge in [-0.25, -0.2) is 4.79 Å². The summed E-state index contributed by atoms with van der Waals surface area (Å²) in [6.07, 6.45) is -1.19. The maximum absolute atomic E-state index is 12.8. The number of carbonyl (C=O) groups is 1. The molecule has 0 saturated carbocycles. The van der Waals surface area contributed by atoms with Gasteiger partial charge in [0.15, 0.2) is 17.6 Å². The predicted octanol–water partition coefficient (Wildman–Crippen LogP) is 4.14. The molecule has 1 aliphatic heterocycles. The molecule has 1 heterocycles. The SMILES string of the molecule is O=C(OC1c2ccccc2-c2ccccc21)[C@H]1COc2ccccc2O1. The fourth-order valence-corrected chi connectivity index (χ4v) is 3.56. The summed E-state index contributed by atoms with van der Waals surface area (Å²) in [6, 6.07) is 23.3. The van der Waals surface area contributed by atoms with Gasteiger partial charge in [0.25, 0.3) is 0 Å². The summed E-state index contributed by atoms with van der Waals surface area (Å²) < 4.78 is 17.3. The molecule has 4 nitrogen and oxygen atoms in total. The van der Waals surface area contributed by atoms with Gasteiger partial charge in [-0.05, 0) is 23.3 Å². The number of hydrogen-bond acceptors (Lipinski definition) is 4. The molecule has 0 N–H and O–H groups in total. The van der Waals surface area contributed by atoms with E-state index in [1.54, 1.807) is 6.07 Å². The molecule has 128 valence electrons. The third kappa shape index (κ3) is 2.34. The number of hydrogen-bond donors (Lipinski definition) is 0. The van der Waals surface area contributed by atoms with Gasteiger partial charge in [-0.2, -0.15) is 0 Å². The minimum atomic E-state index is -0.773. The molecular formula is C22H16O4. The van der Waals surface area contributed by atoms with E-state index in [0.29, 0.717) is 11.5 Å². The fraction of sp³-hybridized carbons (Fsp3) is 0.136. The van der Waals surface area contributed by atoms with Crippen molar-refractivity contribution in [3.8, 4) is 22.6 Å². The quantitative estimate of drug-likeness (QED) is 0.656. The summed E-state index contributed by atoms with van der Waals surface area (Å²) in [5.74, 6) is 0.789. The average molecular weight is 344 g/mol. The van der Waals surface area contributed by atoms with Crippen LogP contribution in [0.2, 0.25) is 0 Å². The smallest absolute Gasteiger partial charge is 0.351 e. The molecular weight excluding hydrogens is 328 g/mol. The largest absolute Gasteiger partial charge is 0.485 e. The summed E-state index contributed by atoms with van der Waals surface area (Å²) in [6.45, 7) is 0.145. The first-order valence-electron chi connectivity index (χ1n) is 8.58. The number of fused-ring (bicyclic) bond motifs is 4. The van der Waals surface area contributed by atoms with E-state index in [9.17, 15) is 4.79 Å². The fourth-order valence-electron chi connectivity index (χ4n) is 3.56. The second-order valence-corrected chi connectivity index (χ2v) is 6.36. The Morgan fingerprint density at radius 2 is 1.38 bits per heavy atom. The Morgan fingerprint density at radius 3 is 2.08 bits per heavy atom. The highest BCUT2D eigenvalue weighted by Gasteiger charge is 2.35. The maximum atomic E-state index is 12.8. The van der Waals surface area contributed by atoms with Crippen molar-refractivity contribution >= 4 is 5.97 Å². The van der Waals surface area contributed by atoms with Gasteiger partial charge in [0.05, 0.1) is 0 Å². The topological polar surface area (TPSA) is 44.8 Å². The van der Waals surface area contributed by atoms with Crippen molar-refractivity contribution in [3.05, 3.63) is 83.9 Å². The van der Waals surface area contributed by atoms with Gasteiger partial charge < -0.3 is 14.2 Å². The van der Waals surface area contributed by atoms with E-state index in [1.807, 2.05) is 54.6 Å². The van der Waals surface area contributed by atoms with E-state index in [-0.39, 0.29) is 6.61 Å². The predicted molar refractivity (Wildman–Crippen MR) is 96.2 cm³/mol. The standard InChI is InChI=1S/C22H16O4/c23-22(20-13-24-18-11-5-6-12-19(18)25-20)26-21-16-9-3-1-7-14(16)15-8-2-4-10-17(15)21/h1-12,20-21H,13H2/t20-/m1/s1. The second kappa shape index (κ2) is 5.92. The first-order chi connectivity index (χ1) is 12.8. The third-order valence-electron chi connectivity index (χ3n) is 4.78. The molecule has 4 heteroatoms. The molecule has 3 aromatic carbocycles. The molecule has 0 amide bonds. The van der Waals surface area contributed by atoms with E-state index in [1.165, 1.54) is 0 Å². The summed E-state index contributed by atoms with van der Waals surface area (Å²) in [4.78, 5) is 12.8. The highest BCUT2D eigenvalue weighted by atomic mass is 16.6. The summed E-state index contributed by atoms with van der Waals surface area (Å²) in [5.41, 5.74) is 4.21. The second-order valence-electron chi connectivity index (χ2n) is 6.36. The molecule has 0 radical (unpaired) electrons. The van der Waals surface area contributed by atoms with E-state index < -0.39 is 18.2 Å². The average Bonchev–Trinajstić information content (AvgIpc) is 3.02. The molecule has 0 saturated heterocycles. The molecule has 0 bridgehead atoms. The molecule has 1 atom stereocenters. The van der Waals surface area contributed by atoms with Crippen LogP contribution >= 0.6 is 0 Å². The van der Waals surface area contributed by atoms with Crippen LogP contribution in [0.25, 0.3) is 11.1 Å². The minimum Gasteiger partial charge on any atom is -0.485 e. The van der Waals surface area contributed by atoms with Gasteiger partial charge >= 0.3 is 5.97 Å². The van der Waals surface area contributed by atoms with Crippen molar-refractivity contribution in [3.63, 3.8) is 0 Å². The summed E-state index contributed by atoms with van der Waals surface area (Å²) >= 11 is 0. The Bertz CT molecular complexity index is 949. The van der Waals surface area contributed by atoms with Gasteiger partial charge in [0, 0.05) is 11.1 Å². The van der Waals surface area contributed by atoms with Crippen LogP contribution in [0.3, 0.4) is 0 Å². The molecule has 26 heavy (non-hydrogen) atoms. The van der Waals surface area contributed by atoms with Crippen molar-refractivity contribution in [2.45, 2.75) is 12.2 Å². The lowest BCUT2D eigenvalue weighted by Gasteiger charge is -2.26. The maximum Gasteiger partial charge on any atom is 0.351 e. The number of para-hydroxylation sites is 2. The molecule has 2 aliphatic rings. The van der Waals surface area contributed by atoms with Crippen molar-refractivity contribution < 1.29 is 19.0 Å². The lowest BCUT2D eigenvalue weighted by molar-refractivity contribution is -0.158. The van der Waals surface area contributed by atoms with Crippen molar-refractivity contribution in [2.24, 2.45) is 0 Å². The highest BCUT2D eigenvalue weighted by molar-refractivity contribution is 5.81. The van der Waals surface area contributed by atoms with Gasteiger partial charge in [0.2, 0.25) is 6.10 Å². The summed E-state index contributed by atoms with van der Waals surface area (Å²) in [7, 11) is 0. The summed E-state index contributed by atoms with van der Waals surface area (Å²) in [5, 5.41) is 0. The molecule has 0 spiro atoms. The van der Waals surface area contributed by atoms with Gasteiger partial charge in [-0.1, -0.05) is 60.7 Å². The zero-order valence-corrected chi connectivity index (χ0v) is 13.9. The Hall–Kier alpha value is -3.27. The van der Waals surface area contributed by atoms with Crippen LogP contribution in [0.5, 0.6) is 11.5 Å². The number of ether oxygens (including phenoxy) is 3. The van der Waals surface area contributed by atoms with Gasteiger partial charge in [-0.15, -0.1) is 0 Å². The van der Waals surface area contributed by atoms with Crippen molar-refractivity contribution in [2.75, 3.05) is 6.61 Å². The van der Waals surface area contributed by atoms with Crippen molar-refractivity contribution in [1.82, 2.24) is 0 Å². The molecule has 0 aromatic heterocycles. The third-order valence-corrected chi connectivity index (χ3v) is 4.78.